The number of hydrogen-bond donors (Lipinski definition) is 1. The summed E-state index contributed by atoms with van der Waals surface area (Å²) in [6, 6.07) is 17.2. The minimum atomic E-state index is -0.354. The summed E-state index contributed by atoms with van der Waals surface area (Å²) in [4.78, 5) is 11.2. The van der Waals surface area contributed by atoms with Gasteiger partial charge in [-0.15, -0.1) is 0 Å². The van der Waals surface area contributed by atoms with Crippen molar-refractivity contribution in [2.45, 2.75) is 39.5 Å². The van der Waals surface area contributed by atoms with Gasteiger partial charge in [-0.1, -0.05) is 69.3 Å². The van der Waals surface area contributed by atoms with Crippen LogP contribution in [0.15, 0.2) is 48.5 Å². The third-order valence-corrected chi connectivity index (χ3v) is 4.00. The number of alkyl carbamates (subject to hydrolysis) is 1. The van der Waals surface area contributed by atoms with E-state index in [1.165, 1.54) is 22.3 Å². The van der Waals surface area contributed by atoms with Crippen molar-refractivity contribution in [3.63, 3.8) is 0 Å². The molecule has 0 unspecified atom stereocenters. The molecule has 0 aromatic heterocycles. The van der Waals surface area contributed by atoms with Gasteiger partial charge >= 0.3 is 6.09 Å². The van der Waals surface area contributed by atoms with Gasteiger partial charge < -0.3 is 10.1 Å². The zero-order valence-electron chi connectivity index (χ0n) is 15.1. The van der Waals surface area contributed by atoms with Crippen LogP contribution in [0.1, 0.15) is 38.8 Å². The van der Waals surface area contributed by atoms with Gasteiger partial charge in [0, 0.05) is 6.54 Å². The van der Waals surface area contributed by atoms with Crippen molar-refractivity contribution < 1.29 is 9.53 Å². The van der Waals surface area contributed by atoms with E-state index in [0.717, 1.165) is 6.42 Å². The molecule has 0 aliphatic carbocycles. The summed E-state index contributed by atoms with van der Waals surface area (Å²) in [6.07, 6.45) is 0.440. The molecule has 0 aliphatic heterocycles. The first-order valence-corrected chi connectivity index (χ1v) is 8.50. The van der Waals surface area contributed by atoms with Gasteiger partial charge in [-0.2, -0.15) is 0 Å². The molecule has 0 fully saturated rings. The number of hydrogen-bond acceptors (Lipinski definition) is 2. The standard InChI is InChI=1S/C21H27NO2/c1-5-24-20(23)22-15-14-16-6-8-17(9-7-16)18-10-12-19(13-11-18)21(2,3)4/h6-13H,5,14-15H2,1-4H3,(H,22,23). The highest BCUT2D eigenvalue weighted by Crippen LogP contribution is 2.26. The van der Waals surface area contributed by atoms with Gasteiger partial charge in [0.25, 0.3) is 0 Å². The number of rotatable bonds is 5. The summed E-state index contributed by atoms with van der Waals surface area (Å²) in [7, 11) is 0. The van der Waals surface area contributed by atoms with Gasteiger partial charge in [-0.05, 0) is 41.0 Å². The molecule has 1 N–H and O–H groups in total. The topological polar surface area (TPSA) is 38.3 Å². The zero-order chi connectivity index (χ0) is 17.6. The van der Waals surface area contributed by atoms with Gasteiger partial charge in [-0.25, -0.2) is 4.79 Å². The van der Waals surface area contributed by atoms with Crippen molar-refractivity contribution in [1.29, 1.82) is 0 Å². The van der Waals surface area contributed by atoms with Crippen LogP contribution in [0.25, 0.3) is 11.1 Å². The van der Waals surface area contributed by atoms with E-state index in [1.807, 2.05) is 0 Å². The van der Waals surface area contributed by atoms with Crippen LogP contribution >= 0.6 is 0 Å². The van der Waals surface area contributed by atoms with Crippen LogP contribution in [0.4, 0.5) is 4.79 Å². The molecule has 0 heterocycles. The second kappa shape index (κ2) is 8.00. The minimum Gasteiger partial charge on any atom is -0.450 e. The Morgan fingerprint density at radius 2 is 1.50 bits per heavy atom. The number of benzene rings is 2. The lowest BCUT2D eigenvalue weighted by Crippen LogP contribution is -2.26. The maximum absolute atomic E-state index is 11.2. The fraction of sp³-hybridized carbons (Fsp3) is 0.381. The molecule has 2 aromatic rings. The molecule has 0 saturated carbocycles. The van der Waals surface area contributed by atoms with E-state index >= 15 is 0 Å². The number of carbonyl (C=O) groups excluding carboxylic acids is 1. The average molecular weight is 325 g/mol. The molecule has 3 nitrogen and oxygen atoms in total. The Labute approximate surface area is 145 Å². The number of carbonyl (C=O) groups is 1. The lowest BCUT2D eigenvalue weighted by molar-refractivity contribution is 0.152. The molecular formula is C21H27NO2. The highest BCUT2D eigenvalue weighted by Gasteiger charge is 2.13. The average Bonchev–Trinajstić information content (AvgIpc) is 2.55. The predicted molar refractivity (Wildman–Crippen MR) is 99.3 cm³/mol. The van der Waals surface area contributed by atoms with Crippen LogP contribution in [0.5, 0.6) is 0 Å². The smallest absolute Gasteiger partial charge is 0.407 e. The second-order valence-electron chi connectivity index (χ2n) is 6.92. The molecular weight excluding hydrogens is 298 g/mol. The largest absolute Gasteiger partial charge is 0.450 e. The molecule has 2 rings (SSSR count). The van der Waals surface area contributed by atoms with Crippen LogP contribution in [0.2, 0.25) is 0 Å². The Morgan fingerprint density at radius 3 is 2.00 bits per heavy atom. The monoisotopic (exact) mass is 325 g/mol. The normalized spacial score (nSPS) is 11.2. The van der Waals surface area contributed by atoms with E-state index in [1.54, 1.807) is 6.92 Å². The minimum absolute atomic E-state index is 0.175. The van der Waals surface area contributed by atoms with Gasteiger partial charge in [0.2, 0.25) is 0 Å². The van der Waals surface area contributed by atoms with Gasteiger partial charge in [0.15, 0.2) is 0 Å². The lowest BCUT2D eigenvalue weighted by atomic mass is 9.86. The van der Waals surface area contributed by atoms with E-state index in [9.17, 15) is 4.79 Å². The Hall–Kier alpha value is -2.29. The van der Waals surface area contributed by atoms with Crippen molar-refractivity contribution in [2.24, 2.45) is 0 Å². The van der Waals surface area contributed by atoms with Crippen molar-refractivity contribution in [2.75, 3.05) is 13.2 Å². The van der Waals surface area contributed by atoms with Crippen LogP contribution in [-0.2, 0) is 16.6 Å². The van der Waals surface area contributed by atoms with Crippen LogP contribution < -0.4 is 5.32 Å². The quantitative estimate of drug-likeness (QED) is 0.845. The summed E-state index contributed by atoms with van der Waals surface area (Å²) < 4.78 is 4.84. The van der Waals surface area contributed by atoms with Crippen molar-refractivity contribution >= 4 is 6.09 Å². The first kappa shape index (κ1) is 18.1. The zero-order valence-corrected chi connectivity index (χ0v) is 15.1. The highest BCUT2D eigenvalue weighted by molar-refractivity contribution is 5.67. The highest BCUT2D eigenvalue weighted by atomic mass is 16.5. The van der Waals surface area contributed by atoms with Gasteiger partial charge in [0.05, 0.1) is 6.61 Å². The summed E-state index contributed by atoms with van der Waals surface area (Å²) in [6.45, 7) is 9.45. The first-order chi connectivity index (χ1) is 11.4. The predicted octanol–water partition coefficient (Wildman–Crippen LogP) is 4.94. The van der Waals surface area contributed by atoms with Crippen molar-refractivity contribution in [1.82, 2.24) is 5.32 Å². The molecule has 128 valence electrons. The third-order valence-electron chi connectivity index (χ3n) is 4.00. The molecule has 0 bridgehead atoms. The summed E-state index contributed by atoms with van der Waals surface area (Å²) in [5.41, 5.74) is 5.14. The van der Waals surface area contributed by atoms with Gasteiger partial charge in [0.1, 0.15) is 0 Å². The molecule has 0 spiro atoms. The third kappa shape index (κ3) is 5.12. The maximum atomic E-state index is 11.2. The second-order valence-corrected chi connectivity index (χ2v) is 6.92. The number of nitrogens with one attached hydrogen (secondary N) is 1. The lowest BCUT2D eigenvalue weighted by Gasteiger charge is -2.19. The molecule has 1 amide bonds. The summed E-state index contributed by atoms with van der Waals surface area (Å²) >= 11 is 0. The van der Waals surface area contributed by atoms with E-state index in [0.29, 0.717) is 13.2 Å². The SMILES string of the molecule is CCOC(=O)NCCc1ccc(-c2ccc(C(C)(C)C)cc2)cc1. The van der Waals surface area contributed by atoms with E-state index < -0.39 is 0 Å². The molecule has 3 heteroatoms. The molecule has 0 atom stereocenters. The Bertz CT molecular complexity index is 652. The number of amides is 1. The Kier molecular flexibility index (Phi) is 6.02. The van der Waals surface area contributed by atoms with Crippen LogP contribution in [0.3, 0.4) is 0 Å². The molecule has 0 saturated heterocycles. The van der Waals surface area contributed by atoms with E-state index in [4.69, 9.17) is 4.74 Å². The maximum Gasteiger partial charge on any atom is 0.407 e. The summed E-state index contributed by atoms with van der Waals surface area (Å²) in [5.74, 6) is 0. The Balaban J connectivity index is 1.95. The van der Waals surface area contributed by atoms with Crippen molar-refractivity contribution in [3.8, 4) is 11.1 Å². The fourth-order valence-corrected chi connectivity index (χ4v) is 2.52. The molecule has 0 aliphatic rings. The Morgan fingerprint density at radius 1 is 0.958 bits per heavy atom. The van der Waals surface area contributed by atoms with Crippen molar-refractivity contribution in [3.05, 3.63) is 59.7 Å². The van der Waals surface area contributed by atoms with Gasteiger partial charge in [-0.3, -0.25) is 0 Å². The molecule has 24 heavy (non-hydrogen) atoms. The fourth-order valence-electron chi connectivity index (χ4n) is 2.52. The summed E-state index contributed by atoms with van der Waals surface area (Å²) in [5, 5.41) is 2.74. The van der Waals surface area contributed by atoms with Crippen LogP contribution in [0, 0.1) is 0 Å². The number of ether oxygens (including phenoxy) is 1. The van der Waals surface area contributed by atoms with E-state index in [2.05, 4.69) is 74.6 Å². The molecule has 0 radical (unpaired) electrons. The first-order valence-electron chi connectivity index (χ1n) is 8.50. The van der Waals surface area contributed by atoms with E-state index in [-0.39, 0.29) is 11.5 Å². The van der Waals surface area contributed by atoms with Crippen LogP contribution in [-0.4, -0.2) is 19.2 Å². The molecule has 2 aromatic carbocycles.